The number of hydrogen-bond acceptors (Lipinski definition) is 7. The van der Waals surface area contributed by atoms with Crippen molar-refractivity contribution in [3.8, 4) is 22.2 Å². The summed E-state index contributed by atoms with van der Waals surface area (Å²) < 4.78 is 10.5. The number of rotatable bonds is 5. The van der Waals surface area contributed by atoms with Crippen molar-refractivity contribution in [3.05, 3.63) is 45.0 Å². The zero-order valence-electron chi connectivity index (χ0n) is 13.9. The predicted molar refractivity (Wildman–Crippen MR) is 106 cm³/mol. The number of amides is 1. The van der Waals surface area contributed by atoms with Crippen LogP contribution in [0.25, 0.3) is 10.7 Å². The van der Waals surface area contributed by atoms with Crippen molar-refractivity contribution in [2.75, 3.05) is 19.5 Å². The minimum absolute atomic E-state index is 0.157. The van der Waals surface area contributed by atoms with Gasteiger partial charge in [0.15, 0.2) is 5.01 Å². The largest absolute Gasteiger partial charge is 0.496 e. The van der Waals surface area contributed by atoms with E-state index in [0.29, 0.717) is 22.2 Å². The highest BCUT2D eigenvalue weighted by Crippen LogP contribution is 2.38. The van der Waals surface area contributed by atoms with Gasteiger partial charge in [-0.1, -0.05) is 52.2 Å². The maximum absolute atomic E-state index is 12.7. The Hall–Kier alpha value is -2.13. The summed E-state index contributed by atoms with van der Waals surface area (Å²) in [6.45, 7) is 0. The van der Waals surface area contributed by atoms with E-state index in [1.165, 1.54) is 20.4 Å². The molecule has 0 bridgehead atoms. The van der Waals surface area contributed by atoms with E-state index < -0.39 is 5.91 Å². The lowest BCUT2D eigenvalue weighted by molar-refractivity contribution is 0.102. The molecule has 140 valence electrons. The number of nitrogens with zero attached hydrogens (tertiary/aromatic N) is 3. The number of nitrogens with one attached hydrogen (secondary N) is 1. The molecule has 1 N–H and O–H groups in total. The van der Waals surface area contributed by atoms with Crippen LogP contribution in [0.15, 0.2) is 24.4 Å². The van der Waals surface area contributed by atoms with Gasteiger partial charge in [-0.3, -0.25) is 15.1 Å². The van der Waals surface area contributed by atoms with E-state index in [2.05, 4.69) is 20.5 Å². The number of carbonyl (C=O) groups is 1. The Bertz CT molecular complexity index is 990. The Morgan fingerprint density at radius 3 is 2.37 bits per heavy atom. The molecule has 2 heterocycles. The summed E-state index contributed by atoms with van der Waals surface area (Å²) in [6.07, 6.45) is 1.37. The van der Waals surface area contributed by atoms with Crippen molar-refractivity contribution < 1.29 is 14.3 Å². The molecule has 3 rings (SSSR count). The first-order chi connectivity index (χ1) is 13.0. The van der Waals surface area contributed by atoms with Crippen molar-refractivity contribution in [1.82, 2.24) is 15.2 Å². The molecule has 1 aromatic carbocycles. The topological polar surface area (TPSA) is 86.2 Å². The molecule has 0 unspecified atom stereocenters. The fraction of sp³-hybridized carbons (Fsp3) is 0.125. The molecule has 11 heteroatoms. The molecule has 27 heavy (non-hydrogen) atoms. The van der Waals surface area contributed by atoms with Crippen LogP contribution in [0, 0.1) is 0 Å². The van der Waals surface area contributed by atoms with Crippen LogP contribution in [0.1, 0.15) is 10.4 Å². The van der Waals surface area contributed by atoms with Crippen LogP contribution >= 0.6 is 46.1 Å². The highest BCUT2D eigenvalue weighted by Gasteiger charge is 2.21. The van der Waals surface area contributed by atoms with Gasteiger partial charge in [-0.25, -0.2) is 0 Å². The monoisotopic (exact) mass is 444 g/mol. The highest BCUT2D eigenvalue weighted by molar-refractivity contribution is 7.18. The minimum Gasteiger partial charge on any atom is -0.496 e. The average molecular weight is 446 g/mol. The van der Waals surface area contributed by atoms with E-state index in [9.17, 15) is 4.79 Å². The second-order valence-electron chi connectivity index (χ2n) is 4.99. The van der Waals surface area contributed by atoms with Crippen LogP contribution in [-0.4, -0.2) is 35.3 Å². The highest BCUT2D eigenvalue weighted by atomic mass is 35.5. The fourth-order valence-electron chi connectivity index (χ4n) is 2.20. The van der Waals surface area contributed by atoms with E-state index in [4.69, 9.17) is 44.3 Å². The maximum atomic E-state index is 12.7. The zero-order chi connectivity index (χ0) is 19.6. The van der Waals surface area contributed by atoms with Crippen LogP contribution < -0.4 is 14.8 Å². The molecule has 0 atom stereocenters. The number of hydrogen-bond donors (Lipinski definition) is 1. The fourth-order valence-corrected chi connectivity index (χ4v) is 3.56. The van der Waals surface area contributed by atoms with Crippen LogP contribution in [0.5, 0.6) is 11.5 Å². The Kier molecular flexibility index (Phi) is 6.01. The van der Waals surface area contributed by atoms with E-state index in [1.807, 2.05) is 0 Å². The van der Waals surface area contributed by atoms with E-state index in [0.717, 1.165) is 11.3 Å². The van der Waals surface area contributed by atoms with Crippen molar-refractivity contribution in [2.45, 2.75) is 0 Å². The number of carbonyl (C=O) groups excluding carboxylic acids is 1. The van der Waals surface area contributed by atoms with Crippen molar-refractivity contribution in [2.24, 2.45) is 0 Å². The number of benzene rings is 1. The molecule has 1 amide bonds. The molecule has 0 aliphatic carbocycles. The second-order valence-corrected chi connectivity index (χ2v) is 7.13. The lowest BCUT2D eigenvalue weighted by Gasteiger charge is -2.11. The summed E-state index contributed by atoms with van der Waals surface area (Å²) in [7, 11) is 2.93. The smallest absolute Gasteiger partial charge is 0.265 e. The zero-order valence-corrected chi connectivity index (χ0v) is 17.0. The first-order valence-corrected chi connectivity index (χ1v) is 9.27. The Balaban J connectivity index is 1.89. The van der Waals surface area contributed by atoms with E-state index in [-0.39, 0.29) is 25.8 Å². The first-order valence-electron chi connectivity index (χ1n) is 7.32. The van der Waals surface area contributed by atoms with Crippen molar-refractivity contribution >= 4 is 57.2 Å². The SMILES string of the molecule is COc1cccc(OC)c1C(=O)Nc1nnc(-c2ncc(Cl)c(Cl)c2Cl)s1. The molecule has 3 aromatic rings. The molecular formula is C16H11Cl3N4O3S. The van der Waals surface area contributed by atoms with E-state index in [1.54, 1.807) is 18.2 Å². The number of pyridine rings is 1. The summed E-state index contributed by atoms with van der Waals surface area (Å²) >= 11 is 19.1. The molecule has 0 aliphatic rings. The number of methoxy groups -OCH3 is 2. The van der Waals surface area contributed by atoms with Crippen LogP contribution in [0.2, 0.25) is 15.1 Å². The molecule has 7 nitrogen and oxygen atoms in total. The molecule has 0 spiro atoms. The van der Waals surface area contributed by atoms with Gasteiger partial charge in [-0.2, -0.15) is 0 Å². The van der Waals surface area contributed by atoms with Crippen molar-refractivity contribution in [3.63, 3.8) is 0 Å². The molecule has 0 saturated carbocycles. The van der Waals surface area contributed by atoms with Gasteiger partial charge < -0.3 is 9.47 Å². The quantitative estimate of drug-likeness (QED) is 0.605. The number of anilines is 1. The summed E-state index contributed by atoms with van der Waals surface area (Å²) in [5.41, 5.74) is 0.559. The third kappa shape index (κ3) is 3.93. The molecule has 0 radical (unpaired) electrons. The second kappa shape index (κ2) is 8.26. The molecule has 0 saturated heterocycles. The summed E-state index contributed by atoms with van der Waals surface area (Å²) in [4.78, 5) is 16.8. The third-order valence-corrected chi connectivity index (χ3v) is 5.51. The van der Waals surface area contributed by atoms with Gasteiger partial charge in [0.2, 0.25) is 5.13 Å². The van der Waals surface area contributed by atoms with Crippen LogP contribution in [0.4, 0.5) is 5.13 Å². The summed E-state index contributed by atoms with van der Waals surface area (Å²) in [5.74, 6) is 0.275. The lowest BCUT2D eigenvalue weighted by Crippen LogP contribution is -2.14. The summed E-state index contributed by atoms with van der Waals surface area (Å²) in [6, 6.07) is 5.03. The molecule has 0 fully saturated rings. The Morgan fingerprint density at radius 2 is 1.74 bits per heavy atom. The number of halogens is 3. The van der Waals surface area contributed by atoms with Gasteiger partial charge in [-0.05, 0) is 12.1 Å². The summed E-state index contributed by atoms with van der Waals surface area (Å²) in [5, 5.41) is 11.8. The molecule has 0 aliphatic heterocycles. The van der Waals surface area contributed by atoms with Gasteiger partial charge in [-0.15, -0.1) is 10.2 Å². The molecular weight excluding hydrogens is 435 g/mol. The Morgan fingerprint density at radius 1 is 1.07 bits per heavy atom. The van der Waals surface area contributed by atoms with E-state index >= 15 is 0 Å². The van der Waals surface area contributed by atoms with Crippen molar-refractivity contribution in [1.29, 1.82) is 0 Å². The number of aromatic nitrogens is 3. The van der Waals surface area contributed by atoms with Crippen LogP contribution in [-0.2, 0) is 0 Å². The standard InChI is InChI=1S/C16H11Cl3N4O3S/c1-25-8-4-3-5-9(26-2)10(8)14(24)21-16-23-22-15(27-16)13-12(19)11(18)7(17)6-20-13/h3-6H,1-2H3,(H,21,23,24). The predicted octanol–water partition coefficient (Wildman–Crippen LogP) is 4.83. The van der Waals surface area contributed by atoms with Gasteiger partial charge in [0.25, 0.3) is 5.91 Å². The lowest BCUT2D eigenvalue weighted by atomic mass is 10.1. The number of ether oxygens (including phenoxy) is 2. The Labute approximate surface area is 173 Å². The third-order valence-electron chi connectivity index (χ3n) is 3.42. The van der Waals surface area contributed by atoms with Gasteiger partial charge in [0.05, 0.1) is 29.3 Å². The van der Waals surface area contributed by atoms with Gasteiger partial charge in [0, 0.05) is 6.20 Å². The normalized spacial score (nSPS) is 10.6. The maximum Gasteiger partial charge on any atom is 0.265 e. The average Bonchev–Trinajstić information content (AvgIpc) is 3.13. The van der Waals surface area contributed by atoms with Crippen LogP contribution in [0.3, 0.4) is 0 Å². The molecule has 2 aromatic heterocycles. The van der Waals surface area contributed by atoms with Gasteiger partial charge >= 0.3 is 0 Å². The van der Waals surface area contributed by atoms with Gasteiger partial charge in [0.1, 0.15) is 22.8 Å². The first kappa shape index (κ1) is 19.6. The minimum atomic E-state index is -0.458.